The van der Waals surface area contributed by atoms with E-state index in [0.717, 1.165) is 27.9 Å². The van der Waals surface area contributed by atoms with Crippen LogP contribution >= 0.6 is 0 Å². The molecule has 0 aliphatic rings. The molecular weight excluding hydrogens is 314 g/mol. The largest absolute Gasteiger partial charge is 0.366 e. The third-order valence-electron chi connectivity index (χ3n) is 4.21. The number of hydrogen-bond acceptors (Lipinski definition) is 4. The first-order chi connectivity index (χ1) is 12.2. The summed E-state index contributed by atoms with van der Waals surface area (Å²) in [5.41, 5.74) is 14.9. The number of nitrogens with two attached hydrogens (primary N) is 2. The summed E-state index contributed by atoms with van der Waals surface area (Å²) in [7, 11) is 0. The van der Waals surface area contributed by atoms with E-state index in [1.807, 2.05) is 47.0 Å². The Morgan fingerprint density at radius 1 is 1.00 bits per heavy atom. The van der Waals surface area contributed by atoms with Crippen LogP contribution in [0.15, 0.2) is 54.6 Å². The number of fused-ring (bicyclic) bond motifs is 2. The average Bonchev–Trinajstić information content (AvgIpc) is 2.99. The molecule has 1 amide bonds. The van der Waals surface area contributed by atoms with Gasteiger partial charge in [-0.15, -0.1) is 0 Å². The topological polar surface area (TPSA) is 99.8 Å². The lowest BCUT2D eigenvalue weighted by Gasteiger charge is -2.08. The summed E-state index contributed by atoms with van der Waals surface area (Å²) in [5.74, 6) is 0.258. The van der Waals surface area contributed by atoms with Crippen molar-refractivity contribution >= 4 is 27.8 Å². The molecule has 0 aliphatic carbocycles. The van der Waals surface area contributed by atoms with Crippen molar-refractivity contribution in [1.29, 1.82) is 0 Å². The third kappa shape index (κ3) is 2.62. The zero-order chi connectivity index (χ0) is 17.4. The number of pyridine rings is 1. The maximum Gasteiger partial charge on any atom is 0.248 e. The molecule has 2 aromatic carbocycles. The van der Waals surface area contributed by atoms with Crippen molar-refractivity contribution in [2.45, 2.75) is 6.54 Å². The monoisotopic (exact) mass is 331 g/mol. The number of para-hydroxylation sites is 1. The van der Waals surface area contributed by atoms with Gasteiger partial charge in [-0.1, -0.05) is 24.3 Å². The van der Waals surface area contributed by atoms with Crippen LogP contribution in [0.5, 0.6) is 0 Å². The first kappa shape index (κ1) is 15.3. The molecule has 0 bridgehead atoms. The van der Waals surface area contributed by atoms with Gasteiger partial charge in [-0.05, 0) is 30.3 Å². The van der Waals surface area contributed by atoms with Crippen LogP contribution in [-0.4, -0.2) is 27.0 Å². The minimum Gasteiger partial charge on any atom is -0.366 e. The van der Waals surface area contributed by atoms with Crippen LogP contribution in [0.1, 0.15) is 10.4 Å². The molecule has 2 heterocycles. The van der Waals surface area contributed by atoms with Gasteiger partial charge < -0.3 is 16.0 Å². The Hall–Kier alpha value is -3.25. The van der Waals surface area contributed by atoms with E-state index in [1.54, 1.807) is 12.1 Å². The minimum absolute atomic E-state index is 0.433. The van der Waals surface area contributed by atoms with Crippen molar-refractivity contribution in [3.8, 4) is 11.5 Å². The fourth-order valence-corrected chi connectivity index (χ4v) is 3.02. The number of aromatic nitrogens is 3. The second kappa shape index (κ2) is 5.99. The van der Waals surface area contributed by atoms with Crippen LogP contribution in [0.3, 0.4) is 0 Å². The van der Waals surface area contributed by atoms with Crippen LogP contribution in [0.2, 0.25) is 0 Å². The predicted molar refractivity (Wildman–Crippen MR) is 98.0 cm³/mol. The van der Waals surface area contributed by atoms with Gasteiger partial charge in [-0.2, -0.15) is 0 Å². The summed E-state index contributed by atoms with van der Waals surface area (Å²) < 4.78 is 2.03. The minimum atomic E-state index is -0.472. The summed E-state index contributed by atoms with van der Waals surface area (Å²) in [4.78, 5) is 20.8. The molecule has 6 nitrogen and oxygen atoms in total. The third-order valence-corrected chi connectivity index (χ3v) is 4.21. The molecule has 124 valence electrons. The van der Waals surface area contributed by atoms with E-state index >= 15 is 0 Å². The van der Waals surface area contributed by atoms with Crippen LogP contribution in [0.25, 0.3) is 33.5 Å². The molecule has 6 heteroatoms. The highest BCUT2D eigenvalue weighted by atomic mass is 16.1. The molecule has 4 rings (SSSR count). The zero-order valence-electron chi connectivity index (χ0n) is 13.5. The number of amides is 1. The van der Waals surface area contributed by atoms with Gasteiger partial charge in [0.05, 0.1) is 16.6 Å². The maximum atomic E-state index is 11.4. The summed E-state index contributed by atoms with van der Waals surface area (Å²) in [6.07, 6.45) is 0. The fraction of sp³-hybridized carbons (Fsp3) is 0.105. The second-order valence-corrected chi connectivity index (χ2v) is 5.83. The highest BCUT2D eigenvalue weighted by Gasteiger charge is 2.15. The van der Waals surface area contributed by atoms with E-state index in [9.17, 15) is 4.79 Å². The van der Waals surface area contributed by atoms with Gasteiger partial charge in [0.15, 0.2) is 5.82 Å². The Labute approximate surface area is 144 Å². The van der Waals surface area contributed by atoms with Gasteiger partial charge in [0.2, 0.25) is 5.91 Å². The van der Waals surface area contributed by atoms with Gasteiger partial charge in [0.1, 0.15) is 5.69 Å². The van der Waals surface area contributed by atoms with Gasteiger partial charge in [0, 0.05) is 24.0 Å². The van der Waals surface area contributed by atoms with E-state index in [2.05, 4.69) is 4.98 Å². The molecule has 0 spiro atoms. The second-order valence-electron chi connectivity index (χ2n) is 5.83. The van der Waals surface area contributed by atoms with Gasteiger partial charge >= 0.3 is 0 Å². The van der Waals surface area contributed by atoms with Crippen LogP contribution in [0, 0.1) is 0 Å². The van der Waals surface area contributed by atoms with Crippen LogP contribution < -0.4 is 11.5 Å². The van der Waals surface area contributed by atoms with Gasteiger partial charge in [-0.3, -0.25) is 4.79 Å². The SMILES string of the molecule is NCCn1c(-c2ccc3ccccc3n2)nc2cc(C(N)=O)ccc21. The molecule has 0 unspecified atom stereocenters. The standard InChI is InChI=1S/C19H17N5O/c20-9-10-24-17-8-6-13(18(21)25)11-16(17)23-19(24)15-7-5-12-3-1-2-4-14(12)22-15/h1-8,11H,9-10,20H2,(H2,21,25). The van der Waals surface area contributed by atoms with Crippen molar-refractivity contribution in [2.24, 2.45) is 11.5 Å². The number of carbonyl (C=O) groups excluding carboxylic acids is 1. The maximum absolute atomic E-state index is 11.4. The molecule has 4 N–H and O–H groups in total. The Morgan fingerprint density at radius 3 is 2.64 bits per heavy atom. The predicted octanol–water partition coefficient (Wildman–Crippen LogP) is 2.31. The molecule has 0 radical (unpaired) electrons. The van der Waals surface area contributed by atoms with E-state index < -0.39 is 5.91 Å². The lowest BCUT2D eigenvalue weighted by atomic mass is 10.2. The van der Waals surface area contributed by atoms with Crippen molar-refractivity contribution in [2.75, 3.05) is 6.54 Å². The molecule has 0 atom stereocenters. The average molecular weight is 331 g/mol. The van der Waals surface area contributed by atoms with E-state index in [4.69, 9.17) is 16.5 Å². The lowest BCUT2D eigenvalue weighted by molar-refractivity contribution is 0.100. The molecule has 2 aromatic heterocycles. The van der Waals surface area contributed by atoms with Crippen molar-refractivity contribution in [3.63, 3.8) is 0 Å². The highest BCUT2D eigenvalue weighted by molar-refractivity contribution is 5.96. The van der Waals surface area contributed by atoms with E-state index in [1.165, 1.54) is 0 Å². The molecule has 4 aromatic rings. The van der Waals surface area contributed by atoms with Crippen LogP contribution in [-0.2, 0) is 6.54 Å². The number of primary amides is 1. The quantitative estimate of drug-likeness (QED) is 0.599. The fourth-order valence-electron chi connectivity index (χ4n) is 3.02. The number of benzene rings is 2. The Kier molecular flexibility index (Phi) is 3.66. The molecule has 0 fully saturated rings. The molecular formula is C19H17N5O. The molecule has 0 aliphatic heterocycles. The lowest BCUT2D eigenvalue weighted by Crippen LogP contribution is -2.12. The first-order valence-electron chi connectivity index (χ1n) is 8.03. The van der Waals surface area contributed by atoms with Gasteiger partial charge in [-0.25, -0.2) is 9.97 Å². The molecule has 25 heavy (non-hydrogen) atoms. The summed E-state index contributed by atoms with van der Waals surface area (Å²) in [5, 5.41) is 1.07. The number of carbonyl (C=O) groups is 1. The van der Waals surface area contributed by atoms with Gasteiger partial charge in [0.25, 0.3) is 0 Å². The molecule has 0 saturated heterocycles. The number of hydrogen-bond donors (Lipinski definition) is 2. The van der Waals surface area contributed by atoms with Crippen molar-refractivity contribution < 1.29 is 4.79 Å². The Balaban J connectivity index is 1.94. The number of nitrogens with zero attached hydrogens (tertiary/aromatic N) is 3. The van der Waals surface area contributed by atoms with Crippen molar-refractivity contribution in [1.82, 2.24) is 14.5 Å². The van der Waals surface area contributed by atoms with Crippen molar-refractivity contribution in [3.05, 3.63) is 60.2 Å². The smallest absolute Gasteiger partial charge is 0.248 e. The Bertz CT molecular complexity index is 1100. The summed E-state index contributed by atoms with van der Waals surface area (Å²) >= 11 is 0. The first-order valence-corrected chi connectivity index (χ1v) is 8.03. The molecule has 0 saturated carbocycles. The number of rotatable bonds is 4. The highest BCUT2D eigenvalue weighted by Crippen LogP contribution is 2.26. The van der Waals surface area contributed by atoms with E-state index in [-0.39, 0.29) is 0 Å². The van der Waals surface area contributed by atoms with Crippen LogP contribution in [0.4, 0.5) is 0 Å². The summed E-state index contributed by atoms with van der Waals surface area (Å²) in [6.45, 7) is 1.08. The summed E-state index contributed by atoms with van der Waals surface area (Å²) in [6, 6.07) is 17.2. The Morgan fingerprint density at radius 2 is 1.84 bits per heavy atom. The van der Waals surface area contributed by atoms with E-state index in [0.29, 0.717) is 24.2 Å². The zero-order valence-corrected chi connectivity index (χ0v) is 13.5. The number of imidazole rings is 1. The normalized spacial score (nSPS) is 11.2.